The maximum atomic E-state index is 4.89. The molecule has 3 rings (SSSR count). The first kappa shape index (κ1) is 14.0. The molecule has 0 aliphatic heterocycles. The van der Waals surface area contributed by atoms with Crippen LogP contribution in [0.15, 0.2) is 10.9 Å². The van der Waals surface area contributed by atoms with Crippen LogP contribution >= 0.6 is 22.7 Å². The molecule has 0 bridgehead atoms. The van der Waals surface area contributed by atoms with Crippen LogP contribution in [0.4, 0.5) is 5.13 Å². The minimum absolute atomic E-state index is 0.446. The lowest BCUT2D eigenvalue weighted by Gasteiger charge is -2.21. The third kappa shape index (κ3) is 2.87. The van der Waals surface area contributed by atoms with Crippen molar-refractivity contribution < 1.29 is 0 Å². The molecule has 2 aromatic rings. The van der Waals surface area contributed by atoms with Crippen molar-refractivity contribution in [1.82, 2.24) is 15.3 Å². The van der Waals surface area contributed by atoms with Gasteiger partial charge in [0.2, 0.25) is 0 Å². The number of aromatic nitrogens is 2. The number of aryl methyl sites for hydroxylation is 1. The molecule has 0 radical (unpaired) electrons. The van der Waals surface area contributed by atoms with Crippen LogP contribution in [0, 0.1) is 0 Å². The minimum atomic E-state index is 0.446. The van der Waals surface area contributed by atoms with Crippen LogP contribution in [-0.2, 0) is 13.0 Å². The molecule has 4 nitrogen and oxygen atoms in total. The van der Waals surface area contributed by atoms with Gasteiger partial charge in [0.15, 0.2) is 5.13 Å². The Morgan fingerprint density at radius 3 is 3.15 bits per heavy atom. The van der Waals surface area contributed by atoms with Gasteiger partial charge in [-0.05, 0) is 25.8 Å². The highest BCUT2D eigenvalue weighted by Gasteiger charge is 2.25. The highest BCUT2D eigenvalue weighted by molar-refractivity contribution is 7.15. The Balaban J connectivity index is 1.78. The van der Waals surface area contributed by atoms with E-state index in [2.05, 4.69) is 34.6 Å². The lowest BCUT2D eigenvalue weighted by molar-refractivity contribution is 0.465. The molecule has 1 N–H and O–H groups in total. The van der Waals surface area contributed by atoms with Crippen molar-refractivity contribution in [1.29, 1.82) is 0 Å². The summed E-state index contributed by atoms with van der Waals surface area (Å²) in [5.41, 5.74) is 4.29. The standard InChI is InChI=1S/C14H20N4S2/c1-3-15-11-5-4-6-12-13(11)17-14(20-12)18(2)7-10-8-19-9-16-10/h8-9,11,15H,3-7H2,1-2H3. The number of hydrogen-bond donors (Lipinski definition) is 1. The van der Waals surface area contributed by atoms with Gasteiger partial charge in [0.05, 0.1) is 29.5 Å². The van der Waals surface area contributed by atoms with Crippen molar-refractivity contribution in [2.75, 3.05) is 18.5 Å². The summed E-state index contributed by atoms with van der Waals surface area (Å²) in [4.78, 5) is 12.9. The predicted octanol–water partition coefficient (Wildman–Crippen LogP) is 3.22. The van der Waals surface area contributed by atoms with Gasteiger partial charge >= 0.3 is 0 Å². The molecule has 6 heteroatoms. The van der Waals surface area contributed by atoms with E-state index in [0.717, 1.165) is 23.9 Å². The summed E-state index contributed by atoms with van der Waals surface area (Å²) in [6.07, 6.45) is 3.65. The second kappa shape index (κ2) is 6.20. The zero-order chi connectivity index (χ0) is 13.9. The number of nitrogens with one attached hydrogen (secondary N) is 1. The van der Waals surface area contributed by atoms with Crippen LogP contribution in [0.25, 0.3) is 0 Å². The van der Waals surface area contributed by atoms with Crippen molar-refractivity contribution >= 4 is 27.8 Å². The van der Waals surface area contributed by atoms with Gasteiger partial charge in [-0.25, -0.2) is 9.97 Å². The van der Waals surface area contributed by atoms with Crippen molar-refractivity contribution in [3.8, 4) is 0 Å². The van der Waals surface area contributed by atoms with Gasteiger partial charge in [0, 0.05) is 17.3 Å². The molecule has 2 heterocycles. The van der Waals surface area contributed by atoms with Crippen LogP contribution in [0.2, 0.25) is 0 Å². The van der Waals surface area contributed by atoms with Crippen molar-refractivity contribution in [2.45, 2.75) is 38.8 Å². The molecule has 1 atom stereocenters. The maximum absolute atomic E-state index is 4.89. The van der Waals surface area contributed by atoms with E-state index in [1.165, 1.54) is 29.8 Å². The van der Waals surface area contributed by atoms with Gasteiger partial charge in [0.1, 0.15) is 0 Å². The van der Waals surface area contributed by atoms with Gasteiger partial charge in [-0.2, -0.15) is 0 Å². The summed E-state index contributed by atoms with van der Waals surface area (Å²) >= 11 is 3.49. The Morgan fingerprint density at radius 2 is 2.40 bits per heavy atom. The normalized spacial score (nSPS) is 18.0. The zero-order valence-corrected chi connectivity index (χ0v) is 13.6. The minimum Gasteiger partial charge on any atom is -0.345 e. The lowest BCUT2D eigenvalue weighted by Crippen LogP contribution is -2.24. The van der Waals surface area contributed by atoms with Crippen molar-refractivity contribution in [2.24, 2.45) is 0 Å². The molecule has 2 aromatic heterocycles. The van der Waals surface area contributed by atoms with E-state index in [-0.39, 0.29) is 0 Å². The highest BCUT2D eigenvalue weighted by Crippen LogP contribution is 2.36. The third-order valence-electron chi connectivity index (χ3n) is 3.60. The van der Waals surface area contributed by atoms with E-state index < -0.39 is 0 Å². The lowest BCUT2D eigenvalue weighted by atomic mass is 9.98. The van der Waals surface area contributed by atoms with Crippen LogP contribution in [0.5, 0.6) is 0 Å². The molecule has 0 fully saturated rings. The molecule has 1 aliphatic rings. The summed E-state index contributed by atoms with van der Waals surface area (Å²) in [6, 6.07) is 0.446. The average Bonchev–Trinajstić information content (AvgIpc) is 3.08. The Morgan fingerprint density at radius 1 is 1.50 bits per heavy atom. The smallest absolute Gasteiger partial charge is 0.185 e. The Bertz CT molecular complexity index is 550. The predicted molar refractivity (Wildman–Crippen MR) is 85.7 cm³/mol. The van der Waals surface area contributed by atoms with Gasteiger partial charge in [0.25, 0.3) is 0 Å². The van der Waals surface area contributed by atoms with E-state index in [0.29, 0.717) is 6.04 Å². The van der Waals surface area contributed by atoms with Gasteiger partial charge in [-0.3, -0.25) is 0 Å². The summed E-state index contributed by atoms with van der Waals surface area (Å²) < 4.78 is 0. The Hall–Kier alpha value is -0.980. The highest BCUT2D eigenvalue weighted by atomic mass is 32.1. The number of anilines is 1. The molecule has 0 amide bonds. The molecular weight excluding hydrogens is 288 g/mol. The fourth-order valence-electron chi connectivity index (χ4n) is 2.64. The SMILES string of the molecule is CCNC1CCCc2sc(N(C)Cc3cscn3)nc21. The molecule has 1 aliphatic carbocycles. The molecule has 0 saturated carbocycles. The van der Waals surface area contributed by atoms with E-state index in [1.54, 1.807) is 11.3 Å². The number of nitrogens with zero attached hydrogens (tertiary/aromatic N) is 3. The molecular formula is C14H20N4S2. The summed E-state index contributed by atoms with van der Waals surface area (Å²) in [5.74, 6) is 0. The molecule has 0 spiro atoms. The first-order valence-corrected chi connectivity index (χ1v) is 8.85. The van der Waals surface area contributed by atoms with Crippen LogP contribution in [0.3, 0.4) is 0 Å². The molecule has 108 valence electrons. The fourth-order valence-corrected chi connectivity index (χ4v) is 4.31. The summed E-state index contributed by atoms with van der Waals surface area (Å²) in [6.45, 7) is 4.00. The van der Waals surface area contributed by atoms with Gasteiger partial charge < -0.3 is 10.2 Å². The molecule has 0 saturated heterocycles. The van der Waals surface area contributed by atoms with Crippen LogP contribution < -0.4 is 10.2 Å². The second-order valence-corrected chi connectivity index (χ2v) is 6.92. The fraction of sp³-hybridized carbons (Fsp3) is 0.571. The maximum Gasteiger partial charge on any atom is 0.185 e. The number of hydrogen-bond acceptors (Lipinski definition) is 6. The van der Waals surface area contributed by atoms with E-state index in [4.69, 9.17) is 4.98 Å². The molecule has 0 aromatic carbocycles. The van der Waals surface area contributed by atoms with Crippen molar-refractivity contribution in [3.05, 3.63) is 27.2 Å². The first-order valence-electron chi connectivity index (χ1n) is 7.09. The number of rotatable bonds is 5. The second-order valence-electron chi connectivity index (χ2n) is 5.14. The van der Waals surface area contributed by atoms with Gasteiger partial charge in [-0.15, -0.1) is 22.7 Å². The molecule has 1 unspecified atom stereocenters. The average molecular weight is 308 g/mol. The van der Waals surface area contributed by atoms with Crippen LogP contribution in [-0.4, -0.2) is 23.6 Å². The van der Waals surface area contributed by atoms with Gasteiger partial charge in [-0.1, -0.05) is 6.92 Å². The molecule has 20 heavy (non-hydrogen) atoms. The largest absolute Gasteiger partial charge is 0.345 e. The Labute approximate surface area is 127 Å². The Kier molecular flexibility index (Phi) is 4.33. The quantitative estimate of drug-likeness (QED) is 0.921. The van der Waals surface area contributed by atoms with Crippen LogP contribution in [0.1, 0.15) is 42.1 Å². The van der Waals surface area contributed by atoms with E-state index >= 15 is 0 Å². The monoisotopic (exact) mass is 308 g/mol. The van der Waals surface area contributed by atoms with E-state index in [1.807, 2.05) is 16.8 Å². The number of thiazole rings is 2. The summed E-state index contributed by atoms with van der Waals surface area (Å²) in [7, 11) is 2.10. The summed E-state index contributed by atoms with van der Waals surface area (Å²) in [5, 5.41) is 6.77. The van der Waals surface area contributed by atoms with E-state index in [9.17, 15) is 0 Å². The third-order valence-corrected chi connectivity index (χ3v) is 5.48. The number of fused-ring (bicyclic) bond motifs is 1. The van der Waals surface area contributed by atoms with Crippen molar-refractivity contribution in [3.63, 3.8) is 0 Å². The zero-order valence-electron chi connectivity index (χ0n) is 11.9. The first-order chi connectivity index (χ1) is 9.78. The topological polar surface area (TPSA) is 41.0 Å².